The van der Waals surface area contributed by atoms with Gasteiger partial charge in [-0.15, -0.1) is 0 Å². The highest BCUT2D eigenvalue weighted by molar-refractivity contribution is 5.74. The number of nitrogens with zero attached hydrogens (tertiary/aromatic N) is 2. The summed E-state index contributed by atoms with van der Waals surface area (Å²) in [5.41, 5.74) is -1.05. The summed E-state index contributed by atoms with van der Waals surface area (Å²) in [6.45, 7) is 1.69. The number of carbonyl (C=O) groups is 1. The van der Waals surface area contributed by atoms with Crippen molar-refractivity contribution in [2.75, 3.05) is 18.0 Å². The Morgan fingerprint density at radius 1 is 1.45 bits per heavy atom. The van der Waals surface area contributed by atoms with E-state index in [2.05, 4.69) is 0 Å². The highest BCUT2D eigenvalue weighted by Crippen LogP contribution is 2.37. The number of hydrogen-bond donors (Lipinski definition) is 1. The summed E-state index contributed by atoms with van der Waals surface area (Å²) in [5.74, 6) is -4.65. The summed E-state index contributed by atoms with van der Waals surface area (Å²) < 4.78 is 27.1. The van der Waals surface area contributed by atoms with Gasteiger partial charge in [0.15, 0.2) is 17.3 Å². The Labute approximate surface area is 112 Å². The molecule has 1 aromatic rings. The molecule has 1 heterocycles. The molecule has 0 aromatic heterocycles. The van der Waals surface area contributed by atoms with Crippen LogP contribution in [0.3, 0.4) is 0 Å². The molecule has 1 aliphatic rings. The van der Waals surface area contributed by atoms with E-state index in [0.717, 1.165) is 6.07 Å². The van der Waals surface area contributed by atoms with Crippen molar-refractivity contribution in [1.29, 1.82) is 0 Å². The first-order chi connectivity index (χ1) is 9.32. The molecular weight excluding hydrogens is 274 g/mol. The summed E-state index contributed by atoms with van der Waals surface area (Å²) in [7, 11) is 0. The fraction of sp³-hybridized carbons (Fsp3) is 0.417. The summed E-state index contributed by atoms with van der Waals surface area (Å²) in [6.07, 6.45) is 0. The number of carboxylic acid groups (broad SMARTS) is 1. The van der Waals surface area contributed by atoms with Crippen molar-refractivity contribution in [3.05, 3.63) is 33.9 Å². The summed E-state index contributed by atoms with van der Waals surface area (Å²) >= 11 is 0. The van der Waals surface area contributed by atoms with Crippen LogP contribution in [0, 0.1) is 33.6 Å². The van der Waals surface area contributed by atoms with Crippen LogP contribution in [0.2, 0.25) is 0 Å². The van der Waals surface area contributed by atoms with Crippen LogP contribution in [-0.4, -0.2) is 29.1 Å². The van der Waals surface area contributed by atoms with E-state index >= 15 is 0 Å². The molecule has 1 saturated heterocycles. The maximum atomic E-state index is 13.9. The Morgan fingerprint density at radius 2 is 2.10 bits per heavy atom. The zero-order valence-electron chi connectivity index (χ0n) is 10.5. The normalized spacial score (nSPS) is 22.1. The lowest BCUT2D eigenvalue weighted by Crippen LogP contribution is -2.24. The van der Waals surface area contributed by atoms with Crippen molar-refractivity contribution < 1.29 is 23.6 Å². The van der Waals surface area contributed by atoms with Gasteiger partial charge in [0.05, 0.1) is 10.8 Å². The molecule has 1 aliphatic heterocycles. The lowest BCUT2D eigenvalue weighted by Gasteiger charge is -2.18. The summed E-state index contributed by atoms with van der Waals surface area (Å²) in [5, 5.41) is 19.9. The second-order valence-corrected chi connectivity index (χ2v) is 4.81. The van der Waals surface area contributed by atoms with E-state index in [1.54, 1.807) is 6.92 Å². The van der Waals surface area contributed by atoms with Gasteiger partial charge < -0.3 is 10.0 Å². The van der Waals surface area contributed by atoms with E-state index in [9.17, 15) is 23.7 Å². The largest absolute Gasteiger partial charge is 0.481 e. The Morgan fingerprint density at radius 3 is 2.60 bits per heavy atom. The number of nitro benzene ring substituents is 1. The molecule has 1 aromatic carbocycles. The molecule has 0 saturated carbocycles. The number of nitro groups is 1. The van der Waals surface area contributed by atoms with E-state index in [1.807, 2.05) is 0 Å². The van der Waals surface area contributed by atoms with Crippen molar-refractivity contribution >= 4 is 17.3 Å². The highest BCUT2D eigenvalue weighted by Gasteiger charge is 2.39. The van der Waals surface area contributed by atoms with E-state index in [0.29, 0.717) is 6.07 Å². The molecule has 6 nitrogen and oxygen atoms in total. The van der Waals surface area contributed by atoms with Gasteiger partial charge in [0.25, 0.3) is 5.69 Å². The minimum absolute atomic E-state index is 0.0856. The lowest BCUT2D eigenvalue weighted by atomic mass is 9.99. The Kier molecular flexibility index (Phi) is 3.56. The van der Waals surface area contributed by atoms with Crippen molar-refractivity contribution in [2.24, 2.45) is 11.8 Å². The van der Waals surface area contributed by atoms with Crippen LogP contribution in [0.4, 0.5) is 20.2 Å². The molecule has 0 aliphatic carbocycles. The highest BCUT2D eigenvalue weighted by atomic mass is 19.2. The van der Waals surface area contributed by atoms with Gasteiger partial charge in [0.2, 0.25) is 0 Å². The number of aliphatic carboxylic acids is 1. The number of halogens is 2. The average molecular weight is 286 g/mol. The second-order valence-electron chi connectivity index (χ2n) is 4.81. The zero-order chi connectivity index (χ0) is 15.0. The first-order valence-corrected chi connectivity index (χ1v) is 5.93. The maximum Gasteiger partial charge on any atom is 0.308 e. The molecule has 0 radical (unpaired) electrons. The number of carboxylic acids is 1. The fourth-order valence-corrected chi connectivity index (χ4v) is 2.45. The van der Waals surface area contributed by atoms with Crippen LogP contribution in [-0.2, 0) is 4.79 Å². The van der Waals surface area contributed by atoms with E-state index < -0.39 is 39.8 Å². The Hall–Kier alpha value is -2.25. The van der Waals surface area contributed by atoms with Gasteiger partial charge in [-0.1, -0.05) is 6.92 Å². The molecule has 0 amide bonds. The van der Waals surface area contributed by atoms with Gasteiger partial charge in [-0.25, -0.2) is 8.78 Å². The van der Waals surface area contributed by atoms with E-state index in [-0.39, 0.29) is 19.0 Å². The third kappa shape index (κ3) is 2.28. The number of rotatable bonds is 3. The SMILES string of the molecule is C[C@@H]1CN(c2c([N+](=O)[O-])ccc(F)c2F)C[C@H]1C(=O)O. The smallest absolute Gasteiger partial charge is 0.308 e. The van der Waals surface area contributed by atoms with Crippen molar-refractivity contribution in [3.63, 3.8) is 0 Å². The monoisotopic (exact) mass is 286 g/mol. The summed E-state index contributed by atoms with van der Waals surface area (Å²) in [4.78, 5) is 22.4. The molecular formula is C12H12F2N2O4. The van der Waals surface area contributed by atoms with Crippen LogP contribution < -0.4 is 4.90 Å². The van der Waals surface area contributed by atoms with E-state index in [1.165, 1.54) is 4.90 Å². The first kappa shape index (κ1) is 14.2. The maximum absolute atomic E-state index is 13.9. The lowest BCUT2D eigenvalue weighted by molar-refractivity contribution is -0.384. The quantitative estimate of drug-likeness (QED) is 0.679. The number of anilines is 1. The molecule has 108 valence electrons. The Balaban J connectivity index is 2.45. The topological polar surface area (TPSA) is 83.7 Å². The summed E-state index contributed by atoms with van der Waals surface area (Å²) in [6, 6.07) is 1.57. The van der Waals surface area contributed by atoms with Crippen molar-refractivity contribution in [3.8, 4) is 0 Å². The van der Waals surface area contributed by atoms with Crippen LogP contribution in [0.15, 0.2) is 12.1 Å². The predicted molar refractivity (Wildman–Crippen MR) is 65.5 cm³/mol. The van der Waals surface area contributed by atoms with Crippen LogP contribution in [0.25, 0.3) is 0 Å². The number of hydrogen-bond acceptors (Lipinski definition) is 4. The van der Waals surface area contributed by atoms with Crippen LogP contribution in [0.5, 0.6) is 0 Å². The third-order valence-electron chi connectivity index (χ3n) is 3.49. The molecule has 1 fully saturated rings. The Bertz CT molecular complexity index is 579. The van der Waals surface area contributed by atoms with Gasteiger partial charge in [-0.3, -0.25) is 14.9 Å². The van der Waals surface area contributed by atoms with Gasteiger partial charge >= 0.3 is 5.97 Å². The minimum Gasteiger partial charge on any atom is -0.481 e. The molecule has 1 N–H and O–H groups in total. The molecule has 0 bridgehead atoms. The van der Waals surface area contributed by atoms with E-state index in [4.69, 9.17) is 5.11 Å². The zero-order valence-corrected chi connectivity index (χ0v) is 10.5. The van der Waals surface area contributed by atoms with Crippen LogP contribution >= 0.6 is 0 Å². The van der Waals surface area contributed by atoms with Crippen molar-refractivity contribution in [1.82, 2.24) is 0 Å². The second kappa shape index (κ2) is 5.03. The first-order valence-electron chi connectivity index (χ1n) is 5.93. The molecule has 8 heteroatoms. The van der Waals surface area contributed by atoms with Gasteiger partial charge in [-0.05, 0) is 12.0 Å². The fourth-order valence-electron chi connectivity index (χ4n) is 2.45. The third-order valence-corrected chi connectivity index (χ3v) is 3.49. The van der Waals surface area contributed by atoms with Gasteiger partial charge in [0, 0.05) is 19.2 Å². The van der Waals surface area contributed by atoms with Gasteiger partial charge in [-0.2, -0.15) is 0 Å². The molecule has 0 spiro atoms. The molecule has 0 unspecified atom stereocenters. The molecule has 2 atom stereocenters. The number of benzene rings is 1. The minimum atomic E-state index is -1.32. The molecule has 2 rings (SSSR count). The van der Waals surface area contributed by atoms with Crippen molar-refractivity contribution in [2.45, 2.75) is 6.92 Å². The molecule has 20 heavy (non-hydrogen) atoms. The van der Waals surface area contributed by atoms with Crippen LogP contribution in [0.1, 0.15) is 6.92 Å². The van der Waals surface area contributed by atoms with Gasteiger partial charge in [0.1, 0.15) is 0 Å². The standard InChI is InChI=1S/C12H12F2N2O4/c1-6-4-15(5-7(6)12(17)18)11-9(16(19)20)3-2-8(13)10(11)14/h2-3,6-7H,4-5H2,1H3,(H,17,18)/t6-,7-/m1/s1. The average Bonchev–Trinajstić information content (AvgIpc) is 2.74. The predicted octanol–water partition coefficient (Wildman–Crippen LogP) is 2.03.